The molecule has 0 aliphatic heterocycles. The number of anilines is 1. The number of nitrogens with one attached hydrogen (secondary N) is 2. The van der Waals surface area contributed by atoms with Crippen molar-refractivity contribution < 1.29 is 13.2 Å². The van der Waals surface area contributed by atoms with E-state index in [1.807, 2.05) is 6.07 Å². The van der Waals surface area contributed by atoms with Gasteiger partial charge in [-0.05, 0) is 36.4 Å². The number of halogens is 1. The number of nitriles is 1. The first-order valence-corrected chi connectivity index (χ1v) is 9.24. The molecule has 6 nitrogen and oxygen atoms in total. The van der Waals surface area contributed by atoms with Gasteiger partial charge in [0.15, 0.2) is 0 Å². The summed E-state index contributed by atoms with van der Waals surface area (Å²) >= 11 is 3.24. The number of carbonyl (C=O) groups is 1. The Bertz CT molecular complexity index is 874. The number of nitrogens with zero attached hydrogens (tertiary/aromatic N) is 1. The molecule has 0 atom stereocenters. The molecule has 124 valence electrons. The van der Waals surface area contributed by atoms with Gasteiger partial charge in [-0.2, -0.15) is 5.26 Å². The van der Waals surface area contributed by atoms with Gasteiger partial charge in [0.1, 0.15) is 6.07 Å². The fourth-order valence-electron chi connectivity index (χ4n) is 1.90. The van der Waals surface area contributed by atoms with Crippen molar-refractivity contribution in [2.24, 2.45) is 0 Å². The second kappa shape index (κ2) is 8.06. The Hall–Kier alpha value is -2.21. The lowest BCUT2D eigenvalue weighted by molar-refractivity contribution is -0.116. The zero-order chi connectivity index (χ0) is 17.6. The summed E-state index contributed by atoms with van der Waals surface area (Å²) in [6.45, 7) is -0.0427. The van der Waals surface area contributed by atoms with Crippen LogP contribution < -0.4 is 10.0 Å². The fraction of sp³-hybridized carbons (Fsp3) is 0.125. The molecule has 0 saturated carbocycles. The van der Waals surface area contributed by atoms with Crippen LogP contribution in [0.5, 0.6) is 0 Å². The molecule has 8 heteroatoms. The summed E-state index contributed by atoms with van der Waals surface area (Å²) in [6, 6.07) is 14.8. The van der Waals surface area contributed by atoms with Crippen molar-refractivity contribution in [3.05, 3.63) is 58.6 Å². The molecule has 0 saturated heterocycles. The molecule has 0 spiro atoms. The van der Waals surface area contributed by atoms with Crippen LogP contribution in [0.3, 0.4) is 0 Å². The van der Waals surface area contributed by atoms with Crippen LogP contribution in [-0.2, 0) is 14.8 Å². The maximum Gasteiger partial charge on any atom is 0.240 e. The molecule has 2 aromatic rings. The van der Waals surface area contributed by atoms with E-state index in [1.165, 1.54) is 12.1 Å². The summed E-state index contributed by atoms with van der Waals surface area (Å²) in [5, 5.41) is 11.6. The van der Waals surface area contributed by atoms with E-state index in [1.54, 1.807) is 36.4 Å². The van der Waals surface area contributed by atoms with E-state index in [0.29, 0.717) is 11.3 Å². The average Bonchev–Trinajstić information content (AvgIpc) is 2.55. The number of sulfonamides is 1. The van der Waals surface area contributed by atoms with Crippen molar-refractivity contribution in [1.29, 1.82) is 5.26 Å². The van der Waals surface area contributed by atoms with Crippen molar-refractivity contribution in [1.82, 2.24) is 4.72 Å². The van der Waals surface area contributed by atoms with Gasteiger partial charge in [-0.15, -0.1) is 0 Å². The molecule has 1 amide bonds. The van der Waals surface area contributed by atoms with Crippen LogP contribution in [0.15, 0.2) is 57.9 Å². The topological polar surface area (TPSA) is 99.1 Å². The standard InChI is InChI=1S/C16H14BrN3O3S/c17-13-5-7-14(8-6-13)24(22,23)19-10-9-16(21)20-15-4-2-1-3-12(15)11-18/h1-8,19H,9-10H2,(H,20,21). The lowest BCUT2D eigenvalue weighted by Gasteiger charge is -2.08. The predicted octanol–water partition coefficient (Wildman–Crippen LogP) is 2.63. The third kappa shape index (κ3) is 4.89. The molecule has 2 rings (SSSR count). The van der Waals surface area contributed by atoms with Crippen LogP contribution in [0.1, 0.15) is 12.0 Å². The third-order valence-corrected chi connectivity index (χ3v) is 5.10. The van der Waals surface area contributed by atoms with Gasteiger partial charge in [0.05, 0.1) is 16.1 Å². The highest BCUT2D eigenvalue weighted by Gasteiger charge is 2.14. The van der Waals surface area contributed by atoms with Crippen molar-refractivity contribution in [2.45, 2.75) is 11.3 Å². The summed E-state index contributed by atoms with van der Waals surface area (Å²) in [7, 11) is -3.66. The lowest BCUT2D eigenvalue weighted by Crippen LogP contribution is -2.27. The third-order valence-electron chi connectivity index (χ3n) is 3.09. The Morgan fingerprint density at radius 1 is 1.12 bits per heavy atom. The van der Waals surface area contributed by atoms with Crippen molar-refractivity contribution in [3.8, 4) is 6.07 Å². The van der Waals surface area contributed by atoms with E-state index in [9.17, 15) is 13.2 Å². The van der Waals surface area contributed by atoms with Crippen LogP contribution in [0.2, 0.25) is 0 Å². The monoisotopic (exact) mass is 407 g/mol. The van der Waals surface area contributed by atoms with Gasteiger partial charge in [0, 0.05) is 17.4 Å². The highest BCUT2D eigenvalue weighted by Crippen LogP contribution is 2.15. The molecule has 0 heterocycles. The van der Waals surface area contributed by atoms with Crippen LogP contribution in [0.25, 0.3) is 0 Å². The average molecular weight is 408 g/mol. The Morgan fingerprint density at radius 3 is 2.46 bits per heavy atom. The molecule has 2 N–H and O–H groups in total. The number of hydrogen-bond acceptors (Lipinski definition) is 4. The predicted molar refractivity (Wildman–Crippen MR) is 93.7 cm³/mol. The quantitative estimate of drug-likeness (QED) is 0.768. The first kappa shape index (κ1) is 18.1. The van der Waals surface area contributed by atoms with Gasteiger partial charge >= 0.3 is 0 Å². The lowest BCUT2D eigenvalue weighted by atomic mass is 10.2. The fourth-order valence-corrected chi connectivity index (χ4v) is 3.19. The number of carbonyl (C=O) groups excluding carboxylic acids is 1. The number of hydrogen-bond donors (Lipinski definition) is 2. The Balaban J connectivity index is 1.90. The van der Waals surface area contributed by atoms with E-state index in [0.717, 1.165) is 4.47 Å². The molecule has 0 aromatic heterocycles. The minimum absolute atomic E-state index is 0.0427. The summed E-state index contributed by atoms with van der Waals surface area (Å²) in [5.41, 5.74) is 0.752. The molecular weight excluding hydrogens is 394 g/mol. The van der Waals surface area contributed by atoms with E-state index in [-0.39, 0.29) is 23.8 Å². The minimum atomic E-state index is -3.66. The summed E-state index contributed by atoms with van der Waals surface area (Å²) in [5.74, 6) is -0.379. The van der Waals surface area contributed by atoms with Gasteiger partial charge in [0.2, 0.25) is 15.9 Å². The van der Waals surface area contributed by atoms with Crippen LogP contribution in [0.4, 0.5) is 5.69 Å². The Kier molecular flexibility index (Phi) is 6.09. The maximum atomic E-state index is 12.1. The van der Waals surface area contributed by atoms with Crippen molar-refractivity contribution in [3.63, 3.8) is 0 Å². The summed E-state index contributed by atoms with van der Waals surface area (Å²) < 4.78 is 27.3. The number of rotatable bonds is 6. The van der Waals surface area contributed by atoms with E-state index >= 15 is 0 Å². The minimum Gasteiger partial charge on any atom is -0.325 e. The van der Waals surface area contributed by atoms with Crippen LogP contribution >= 0.6 is 15.9 Å². The molecule has 24 heavy (non-hydrogen) atoms. The van der Waals surface area contributed by atoms with E-state index < -0.39 is 10.0 Å². The number of benzene rings is 2. The Morgan fingerprint density at radius 2 is 1.79 bits per heavy atom. The molecule has 0 unspecified atom stereocenters. The van der Waals surface area contributed by atoms with Gasteiger partial charge in [0.25, 0.3) is 0 Å². The van der Waals surface area contributed by atoms with Gasteiger partial charge in [-0.1, -0.05) is 28.1 Å². The van der Waals surface area contributed by atoms with Gasteiger partial charge in [-0.25, -0.2) is 13.1 Å². The molecule has 0 bridgehead atoms. The van der Waals surface area contributed by atoms with E-state index in [4.69, 9.17) is 5.26 Å². The van der Waals surface area contributed by atoms with Gasteiger partial charge in [-0.3, -0.25) is 4.79 Å². The van der Waals surface area contributed by atoms with E-state index in [2.05, 4.69) is 26.0 Å². The Labute approximate surface area is 148 Å². The molecule has 2 aromatic carbocycles. The zero-order valence-electron chi connectivity index (χ0n) is 12.5. The van der Waals surface area contributed by atoms with Crippen molar-refractivity contribution >= 4 is 37.5 Å². The molecule has 0 fully saturated rings. The first-order valence-electron chi connectivity index (χ1n) is 6.96. The zero-order valence-corrected chi connectivity index (χ0v) is 14.9. The number of amides is 1. The number of para-hydroxylation sites is 1. The first-order chi connectivity index (χ1) is 11.4. The molecule has 0 radical (unpaired) electrons. The molecular formula is C16H14BrN3O3S. The molecule has 0 aliphatic carbocycles. The molecule has 0 aliphatic rings. The van der Waals surface area contributed by atoms with Gasteiger partial charge < -0.3 is 5.32 Å². The second-order valence-corrected chi connectivity index (χ2v) is 7.49. The largest absolute Gasteiger partial charge is 0.325 e. The summed E-state index contributed by atoms with van der Waals surface area (Å²) in [6.07, 6.45) is -0.0461. The highest BCUT2D eigenvalue weighted by molar-refractivity contribution is 9.10. The second-order valence-electron chi connectivity index (χ2n) is 4.81. The summed E-state index contributed by atoms with van der Waals surface area (Å²) in [4.78, 5) is 12.0. The SMILES string of the molecule is N#Cc1ccccc1NC(=O)CCNS(=O)(=O)c1ccc(Br)cc1. The normalized spacial score (nSPS) is 10.8. The maximum absolute atomic E-state index is 12.1. The highest BCUT2D eigenvalue weighted by atomic mass is 79.9. The van der Waals surface area contributed by atoms with Crippen LogP contribution in [-0.4, -0.2) is 20.9 Å². The van der Waals surface area contributed by atoms with Crippen molar-refractivity contribution in [2.75, 3.05) is 11.9 Å². The smallest absolute Gasteiger partial charge is 0.240 e. The van der Waals surface area contributed by atoms with Crippen LogP contribution in [0, 0.1) is 11.3 Å².